The molecule has 0 aromatic carbocycles. The first kappa shape index (κ1) is 12.7. The third kappa shape index (κ3) is 2.91. The van der Waals surface area contributed by atoms with Crippen LogP contribution in [0.15, 0.2) is 10.5 Å². The predicted octanol–water partition coefficient (Wildman–Crippen LogP) is 1.88. The molecule has 1 fully saturated rings. The Hall–Kier alpha value is -1.78. The Morgan fingerprint density at radius 3 is 2.61 bits per heavy atom. The highest BCUT2D eigenvalue weighted by Gasteiger charge is 2.30. The van der Waals surface area contributed by atoms with Crippen LogP contribution in [0.25, 0.3) is 0 Å². The summed E-state index contributed by atoms with van der Waals surface area (Å²) in [4.78, 5) is 23.0. The van der Waals surface area contributed by atoms with E-state index in [2.05, 4.69) is 5.32 Å². The monoisotopic (exact) mass is 251 g/mol. The van der Waals surface area contributed by atoms with Crippen LogP contribution < -0.4 is 5.32 Å². The molecule has 0 bridgehead atoms. The van der Waals surface area contributed by atoms with Gasteiger partial charge in [0.05, 0.1) is 5.56 Å². The topological polar surface area (TPSA) is 79.5 Å². The molecule has 1 aliphatic rings. The third-order valence-electron chi connectivity index (χ3n) is 3.15. The fraction of sp³-hybridized carbons (Fsp3) is 0.538. The van der Waals surface area contributed by atoms with Gasteiger partial charge in [-0.15, -0.1) is 0 Å². The van der Waals surface area contributed by atoms with E-state index < -0.39 is 12.0 Å². The number of hydrogen-bond donors (Lipinski definition) is 2. The predicted molar refractivity (Wildman–Crippen MR) is 64.4 cm³/mol. The molecule has 1 unspecified atom stereocenters. The van der Waals surface area contributed by atoms with E-state index in [9.17, 15) is 9.59 Å². The van der Waals surface area contributed by atoms with Crippen LogP contribution in [-0.4, -0.2) is 23.0 Å². The number of carboxylic acids is 1. The van der Waals surface area contributed by atoms with Gasteiger partial charge in [0, 0.05) is 0 Å². The van der Waals surface area contributed by atoms with Crippen molar-refractivity contribution in [3.05, 3.63) is 23.2 Å². The van der Waals surface area contributed by atoms with E-state index in [1.165, 1.54) is 0 Å². The Labute approximate surface area is 105 Å². The maximum atomic E-state index is 12.0. The SMILES string of the molecule is Cc1cc(C(=O)NC(CC2CC2)C(=O)O)c(C)o1. The number of aliphatic carboxylic acids is 1. The number of hydrogen-bond acceptors (Lipinski definition) is 3. The number of aryl methyl sites for hydroxylation is 2. The number of rotatable bonds is 5. The van der Waals surface area contributed by atoms with Gasteiger partial charge in [-0.05, 0) is 32.3 Å². The van der Waals surface area contributed by atoms with Gasteiger partial charge >= 0.3 is 5.97 Å². The normalized spacial score (nSPS) is 16.3. The van der Waals surface area contributed by atoms with Crippen molar-refractivity contribution in [2.75, 3.05) is 0 Å². The second-order valence-corrected chi connectivity index (χ2v) is 4.87. The highest BCUT2D eigenvalue weighted by atomic mass is 16.4. The zero-order chi connectivity index (χ0) is 13.3. The van der Waals surface area contributed by atoms with Crippen LogP contribution in [0.5, 0.6) is 0 Å². The van der Waals surface area contributed by atoms with Crippen LogP contribution in [0, 0.1) is 19.8 Å². The van der Waals surface area contributed by atoms with Crippen LogP contribution in [0.1, 0.15) is 41.1 Å². The molecular weight excluding hydrogens is 234 g/mol. The lowest BCUT2D eigenvalue weighted by atomic mass is 10.1. The van der Waals surface area contributed by atoms with Gasteiger partial charge in [0.15, 0.2) is 0 Å². The molecule has 5 heteroatoms. The minimum absolute atomic E-state index is 0.377. The summed E-state index contributed by atoms with van der Waals surface area (Å²) in [7, 11) is 0. The van der Waals surface area contributed by atoms with Crippen molar-refractivity contribution in [2.45, 2.75) is 39.2 Å². The molecule has 1 heterocycles. The van der Waals surface area contributed by atoms with E-state index in [1.54, 1.807) is 19.9 Å². The molecular formula is C13H17NO4. The summed E-state index contributed by atoms with van der Waals surface area (Å²) in [5.41, 5.74) is 0.412. The lowest BCUT2D eigenvalue weighted by molar-refractivity contribution is -0.139. The minimum Gasteiger partial charge on any atom is -0.480 e. The Morgan fingerprint density at radius 2 is 2.17 bits per heavy atom. The quantitative estimate of drug-likeness (QED) is 0.837. The summed E-state index contributed by atoms with van der Waals surface area (Å²) in [6.45, 7) is 3.45. The maximum Gasteiger partial charge on any atom is 0.326 e. The van der Waals surface area contributed by atoms with Crippen molar-refractivity contribution >= 4 is 11.9 Å². The molecule has 2 N–H and O–H groups in total. The van der Waals surface area contributed by atoms with E-state index in [4.69, 9.17) is 9.52 Å². The van der Waals surface area contributed by atoms with E-state index in [-0.39, 0.29) is 5.91 Å². The van der Waals surface area contributed by atoms with Gasteiger partial charge in [0.2, 0.25) is 0 Å². The van der Waals surface area contributed by atoms with Crippen molar-refractivity contribution in [1.29, 1.82) is 0 Å². The molecule has 1 aromatic heterocycles. The largest absolute Gasteiger partial charge is 0.480 e. The number of carbonyl (C=O) groups excluding carboxylic acids is 1. The lowest BCUT2D eigenvalue weighted by Crippen LogP contribution is -2.41. The molecule has 1 aliphatic carbocycles. The van der Waals surface area contributed by atoms with Gasteiger partial charge in [-0.2, -0.15) is 0 Å². The van der Waals surface area contributed by atoms with E-state index in [0.29, 0.717) is 29.4 Å². The average Bonchev–Trinajstić information content (AvgIpc) is 3.02. The summed E-state index contributed by atoms with van der Waals surface area (Å²) in [5, 5.41) is 11.6. The first-order valence-corrected chi connectivity index (χ1v) is 6.08. The van der Waals surface area contributed by atoms with Gasteiger partial charge in [-0.3, -0.25) is 4.79 Å². The number of nitrogens with one attached hydrogen (secondary N) is 1. The van der Waals surface area contributed by atoms with Gasteiger partial charge in [0.25, 0.3) is 5.91 Å². The first-order chi connectivity index (χ1) is 8.47. The smallest absolute Gasteiger partial charge is 0.326 e. The molecule has 0 spiro atoms. The Morgan fingerprint density at radius 1 is 1.50 bits per heavy atom. The van der Waals surface area contributed by atoms with Gasteiger partial charge in [-0.1, -0.05) is 12.8 Å². The van der Waals surface area contributed by atoms with E-state index in [1.807, 2.05) is 0 Å². The van der Waals surface area contributed by atoms with Crippen molar-refractivity contribution in [1.82, 2.24) is 5.32 Å². The van der Waals surface area contributed by atoms with Crippen LogP contribution in [0.4, 0.5) is 0 Å². The molecule has 2 rings (SSSR count). The van der Waals surface area contributed by atoms with Crippen LogP contribution in [-0.2, 0) is 4.79 Å². The fourth-order valence-electron chi connectivity index (χ4n) is 2.00. The van der Waals surface area contributed by atoms with E-state index >= 15 is 0 Å². The second-order valence-electron chi connectivity index (χ2n) is 4.87. The van der Waals surface area contributed by atoms with E-state index in [0.717, 1.165) is 12.8 Å². The second kappa shape index (κ2) is 4.84. The summed E-state index contributed by atoms with van der Waals surface area (Å²) < 4.78 is 5.26. The summed E-state index contributed by atoms with van der Waals surface area (Å²) in [5.74, 6) is 0.247. The van der Waals surface area contributed by atoms with Crippen molar-refractivity contribution in [2.24, 2.45) is 5.92 Å². The van der Waals surface area contributed by atoms with Crippen LogP contribution in [0.3, 0.4) is 0 Å². The number of carboxylic acid groups (broad SMARTS) is 1. The highest BCUT2D eigenvalue weighted by molar-refractivity contribution is 5.97. The summed E-state index contributed by atoms with van der Waals surface area (Å²) in [6, 6.07) is 0.820. The molecule has 0 saturated heterocycles. The molecule has 1 atom stereocenters. The molecule has 18 heavy (non-hydrogen) atoms. The Bertz CT molecular complexity index is 473. The Kier molecular flexibility index (Phi) is 3.41. The molecule has 0 aliphatic heterocycles. The van der Waals surface area contributed by atoms with Crippen LogP contribution >= 0.6 is 0 Å². The van der Waals surface area contributed by atoms with Crippen molar-refractivity contribution in [3.63, 3.8) is 0 Å². The fourth-order valence-corrected chi connectivity index (χ4v) is 2.00. The molecule has 1 amide bonds. The first-order valence-electron chi connectivity index (χ1n) is 6.08. The zero-order valence-electron chi connectivity index (χ0n) is 10.5. The standard InChI is InChI=1S/C13H17NO4/c1-7-5-10(8(2)18-7)12(15)14-11(13(16)17)6-9-3-4-9/h5,9,11H,3-4,6H2,1-2H3,(H,14,15)(H,16,17). The minimum atomic E-state index is -0.979. The number of amides is 1. The van der Waals surface area contributed by atoms with Crippen molar-refractivity contribution < 1.29 is 19.1 Å². The van der Waals surface area contributed by atoms with Gasteiger partial charge in [0.1, 0.15) is 17.6 Å². The molecule has 0 radical (unpaired) electrons. The average molecular weight is 251 g/mol. The Balaban J connectivity index is 2.03. The molecule has 98 valence electrons. The molecule has 1 saturated carbocycles. The molecule has 1 aromatic rings. The number of carbonyl (C=O) groups is 2. The highest BCUT2D eigenvalue weighted by Crippen LogP contribution is 2.33. The van der Waals surface area contributed by atoms with Gasteiger partial charge < -0.3 is 14.8 Å². The lowest BCUT2D eigenvalue weighted by Gasteiger charge is -2.13. The summed E-state index contributed by atoms with van der Waals surface area (Å²) >= 11 is 0. The number of furan rings is 1. The summed E-state index contributed by atoms with van der Waals surface area (Å²) in [6.07, 6.45) is 2.63. The zero-order valence-corrected chi connectivity index (χ0v) is 10.5. The third-order valence-corrected chi connectivity index (χ3v) is 3.15. The molecule has 5 nitrogen and oxygen atoms in total. The van der Waals surface area contributed by atoms with Gasteiger partial charge in [-0.25, -0.2) is 4.79 Å². The maximum absolute atomic E-state index is 12.0. The van der Waals surface area contributed by atoms with Crippen LogP contribution in [0.2, 0.25) is 0 Å². The van der Waals surface area contributed by atoms with Crippen molar-refractivity contribution in [3.8, 4) is 0 Å².